The van der Waals surface area contributed by atoms with E-state index in [2.05, 4.69) is 20.5 Å². The molecule has 4 rings (SSSR count). The number of nitrogens with two attached hydrogens (primary N) is 1. The molecule has 1 saturated carbocycles. The van der Waals surface area contributed by atoms with Crippen molar-refractivity contribution in [3.63, 3.8) is 0 Å². The summed E-state index contributed by atoms with van der Waals surface area (Å²) in [5.74, 6) is 0.469. The Morgan fingerprint density at radius 2 is 2.04 bits per heavy atom. The van der Waals surface area contributed by atoms with Gasteiger partial charge in [-0.1, -0.05) is 12.5 Å². The first-order chi connectivity index (χ1) is 12.2. The molecule has 0 unspecified atom stereocenters. The average Bonchev–Trinajstić information content (AvgIpc) is 3.04. The van der Waals surface area contributed by atoms with E-state index in [1.165, 1.54) is 0 Å². The molecule has 2 aromatic rings. The largest absolute Gasteiger partial charge is 0.340 e. The zero-order chi connectivity index (χ0) is 17.2. The summed E-state index contributed by atoms with van der Waals surface area (Å²) in [7, 11) is 0. The van der Waals surface area contributed by atoms with Gasteiger partial charge in [0.15, 0.2) is 0 Å². The first kappa shape index (κ1) is 16.5. The van der Waals surface area contributed by atoms with Crippen LogP contribution in [0.3, 0.4) is 0 Å². The molecule has 0 aromatic carbocycles. The second-order valence-corrected chi connectivity index (χ2v) is 7.42. The van der Waals surface area contributed by atoms with Gasteiger partial charge in [-0.05, 0) is 31.4 Å². The Morgan fingerprint density at radius 1 is 1.20 bits per heavy atom. The van der Waals surface area contributed by atoms with Crippen LogP contribution in [0.2, 0.25) is 0 Å². The highest BCUT2D eigenvalue weighted by Crippen LogP contribution is 2.25. The summed E-state index contributed by atoms with van der Waals surface area (Å²) in [4.78, 5) is 21.8. The van der Waals surface area contributed by atoms with E-state index in [4.69, 9.17) is 5.73 Å². The first-order valence-corrected chi connectivity index (χ1v) is 9.38. The average molecular weight is 341 g/mol. The normalized spacial score (nSPS) is 25.4. The number of amides is 1. The Morgan fingerprint density at radius 3 is 2.80 bits per heavy atom. The Labute approximate surface area is 148 Å². The van der Waals surface area contributed by atoms with Crippen molar-refractivity contribution in [2.45, 2.75) is 38.3 Å². The number of hydrogen-bond acceptors (Lipinski definition) is 4. The first-order valence-electron chi connectivity index (χ1n) is 9.38. The van der Waals surface area contributed by atoms with E-state index >= 15 is 0 Å². The van der Waals surface area contributed by atoms with E-state index in [0.29, 0.717) is 5.91 Å². The lowest BCUT2D eigenvalue weighted by Crippen LogP contribution is -2.51. The molecule has 3 heterocycles. The molecule has 134 valence electrons. The number of hydrogen-bond donors (Lipinski definition) is 1. The molecular weight excluding hydrogens is 314 g/mol. The molecule has 2 N–H and O–H groups in total. The van der Waals surface area contributed by atoms with Crippen molar-refractivity contribution >= 4 is 11.6 Å². The molecule has 2 fully saturated rings. The smallest absolute Gasteiger partial charge is 0.225 e. The van der Waals surface area contributed by atoms with Crippen LogP contribution in [0.5, 0.6) is 0 Å². The number of nitrogens with zero attached hydrogens (tertiary/aromatic N) is 4. The van der Waals surface area contributed by atoms with Gasteiger partial charge in [-0.3, -0.25) is 9.69 Å². The predicted molar refractivity (Wildman–Crippen MR) is 97.0 cm³/mol. The van der Waals surface area contributed by atoms with Gasteiger partial charge in [0.2, 0.25) is 5.91 Å². The van der Waals surface area contributed by atoms with Crippen LogP contribution in [0.15, 0.2) is 30.6 Å². The number of aromatic nitrogens is 2. The van der Waals surface area contributed by atoms with Crippen LogP contribution in [-0.2, 0) is 11.3 Å². The van der Waals surface area contributed by atoms with Crippen LogP contribution < -0.4 is 5.73 Å². The molecule has 1 aliphatic carbocycles. The van der Waals surface area contributed by atoms with E-state index in [9.17, 15) is 4.79 Å². The molecule has 0 bridgehead atoms. The van der Waals surface area contributed by atoms with Gasteiger partial charge in [-0.2, -0.15) is 0 Å². The van der Waals surface area contributed by atoms with Crippen LogP contribution in [0.1, 0.15) is 31.4 Å². The predicted octanol–water partition coefficient (Wildman–Crippen LogP) is 1.50. The van der Waals surface area contributed by atoms with E-state index in [-0.39, 0.29) is 12.0 Å². The van der Waals surface area contributed by atoms with Gasteiger partial charge in [-0.15, -0.1) is 0 Å². The molecule has 2 aliphatic rings. The molecule has 0 spiro atoms. The SMILES string of the molecule is N[C@H]1CCC[C@@H](C(=O)N2CCN(Cc3cn4ccccc4n3)CC2)C1. The Bertz CT molecular complexity index is 701. The number of carbonyl (C=O) groups is 1. The van der Waals surface area contributed by atoms with Crippen molar-refractivity contribution in [2.24, 2.45) is 11.7 Å². The Balaban J connectivity index is 1.31. The molecule has 2 atom stereocenters. The summed E-state index contributed by atoms with van der Waals surface area (Å²) in [5, 5.41) is 0. The third kappa shape index (κ3) is 3.70. The highest BCUT2D eigenvalue weighted by molar-refractivity contribution is 5.79. The number of piperazine rings is 1. The quantitative estimate of drug-likeness (QED) is 0.919. The van der Waals surface area contributed by atoms with Crippen LogP contribution in [-0.4, -0.2) is 57.3 Å². The standard InChI is InChI=1S/C19H27N5O/c20-16-5-3-4-15(12-16)19(25)23-10-8-22(9-11-23)13-17-14-24-7-2-1-6-18(24)21-17/h1-2,6-7,14-16H,3-5,8-13,20H2/t15-,16+/m1/s1. The minimum atomic E-state index is 0.147. The van der Waals surface area contributed by atoms with Crippen molar-refractivity contribution in [1.29, 1.82) is 0 Å². The van der Waals surface area contributed by atoms with Gasteiger partial charge in [0.25, 0.3) is 0 Å². The van der Waals surface area contributed by atoms with Crippen LogP contribution in [0, 0.1) is 5.92 Å². The molecule has 25 heavy (non-hydrogen) atoms. The summed E-state index contributed by atoms with van der Waals surface area (Å²) < 4.78 is 2.06. The van der Waals surface area contributed by atoms with Crippen molar-refractivity contribution in [2.75, 3.05) is 26.2 Å². The monoisotopic (exact) mass is 341 g/mol. The number of pyridine rings is 1. The lowest BCUT2D eigenvalue weighted by molar-refractivity contribution is -0.138. The van der Waals surface area contributed by atoms with Gasteiger partial charge in [0.05, 0.1) is 5.69 Å². The van der Waals surface area contributed by atoms with Gasteiger partial charge in [0.1, 0.15) is 5.65 Å². The van der Waals surface area contributed by atoms with E-state index in [0.717, 1.165) is 69.7 Å². The third-order valence-corrected chi connectivity index (χ3v) is 5.55. The van der Waals surface area contributed by atoms with E-state index < -0.39 is 0 Å². The van der Waals surface area contributed by atoms with Crippen molar-refractivity contribution in [1.82, 2.24) is 19.2 Å². The van der Waals surface area contributed by atoms with Crippen LogP contribution in [0.25, 0.3) is 5.65 Å². The van der Waals surface area contributed by atoms with E-state index in [1.54, 1.807) is 0 Å². The lowest BCUT2D eigenvalue weighted by atomic mass is 9.85. The fourth-order valence-corrected chi connectivity index (χ4v) is 4.13. The fraction of sp³-hybridized carbons (Fsp3) is 0.579. The van der Waals surface area contributed by atoms with Crippen molar-refractivity contribution in [3.05, 3.63) is 36.3 Å². The van der Waals surface area contributed by atoms with Gasteiger partial charge in [0, 0.05) is 57.1 Å². The van der Waals surface area contributed by atoms with Crippen molar-refractivity contribution in [3.8, 4) is 0 Å². The molecule has 0 radical (unpaired) electrons. The molecular formula is C19H27N5O. The third-order valence-electron chi connectivity index (χ3n) is 5.55. The maximum Gasteiger partial charge on any atom is 0.225 e. The van der Waals surface area contributed by atoms with Gasteiger partial charge in [-0.25, -0.2) is 4.98 Å². The summed E-state index contributed by atoms with van der Waals surface area (Å²) in [6.45, 7) is 4.31. The maximum atomic E-state index is 12.7. The zero-order valence-corrected chi connectivity index (χ0v) is 14.7. The van der Waals surface area contributed by atoms with Crippen molar-refractivity contribution < 1.29 is 4.79 Å². The Kier molecular flexibility index (Phi) is 4.72. The van der Waals surface area contributed by atoms with Gasteiger partial charge >= 0.3 is 0 Å². The molecule has 1 saturated heterocycles. The number of rotatable bonds is 3. The summed E-state index contributed by atoms with van der Waals surface area (Å²) in [6, 6.07) is 6.25. The van der Waals surface area contributed by atoms with E-state index in [1.807, 2.05) is 29.3 Å². The minimum absolute atomic E-state index is 0.147. The number of carbonyl (C=O) groups excluding carboxylic acids is 1. The summed E-state index contributed by atoms with van der Waals surface area (Å²) in [5.41, 5.74) is 8.12. The van der Waals surface area contributed by atoms with Crippen LogP contribution >= 0.6 is 0 Å². The van der Waals surface area contributed by atoms with Gasteiger partial charge < -0.3 is 15.0 Å². The lowest BCUT2D eigenvalue weighted by Gasteiger charge is -2.37. The fourth-order valence-electron chi connectivity index (χ4n) is 4.13. The summed E-state index contributed by atoms with van der Waals surface area (Å²) >= 11 is 0. The molecule has 6 nitrogen and oxygen atoms in total. The number of fused-ring (bicyclic) bond motifs is 1. The topological polar surface area (TPSA) is 66.9 Å². The van der Waals surface area contributed by atoms with Crippen LogP contribution in [0.4, 0.5) is 0 Å². The highest BCUT2D eigenvalue weighted by atomic mass is 16.2. The number of imidazole rings is 1. The molecule has 6 heteroatoms. The highest BCUT2D eigenvalue weighted by Gasteiger charge is 2.30. The molecule has 1 amide bonds. The zero-order valence-electron chi connectivity index (χ0n) is 14.7. The molecule has 1 aliphatic heterocycles. The minimum Gasteiger partial charge on any atom is -0.340 e. The maximum absolute atomic E-state index is 12.7. The second kappa shape index (κ2) is 7.14. The summed E-state index contributed by atoms with van der Waals surface area (Å²) in [6.07, 6.45) is 8.14. The Hall–Kier alpha value is -1.92. The second-order valence-electron chi connectivity index (χ2n) is 7.42. The molecule has 2 aromatic heterocycles.